The number of nitrogens with zero attached hydrogens (tertiary/aromatic N) is 1. The van der Waals surface area contributed by atoms with Gasteiger partial charge in [-0.25, -0.2) is 0 Å². The summed E-state index contributed by atoms with van der Waals surface area (Å²) in [5, 5.41) is 3.39. The van der Waals surface area contributed by atoms with Crippen molar-refractivity contribution in [2.75, 3.05) is 18.5 Å². The lowest BCUT2D eigenvalue weighted by atomic mass is 10.1. The summed E-state index contributed by atoms with van der Waals surface area (Å²) in [6, 6.07) is 13.3. The van der Waals surface area contributed by atoms with Crippen LogP contribution in [0, 0.1) is 20.8 Å². The quantitative estimate of drug-likeness (QED) is 0.869. The Balaban J connectivity index is 2.27. The minimum absolute atomic E-state index is 0.940. The van der Waals surface area contributed by atoms with E-state index in [2.05, 4.69) is 81.4 Å². The van der Waals surface area contributed by atoms with E-state index in [0.717, 1.165) is 13.1 Å². The Bertz CT molecular complexity index is 617. The molecule has 0 aliphatic carbocycles. The molecule has 1 N–H and O–H groups in total. The minimum atomic E-state index is 0.940. The van der Waals surface area contributed by atoms with Crippen LogP contribution in [0.2, 0.25) is 0 Å². The summed E-state index contributed by atoms with van der Waals surface area (Å²) in [6.07, 6.45) is 0. The van der Waals surface area contributed by atoms with Crippen LogP contribution in [0.5, 0.6) is 0 Å². The molecule has 2 rings (SSSR count). The van der Waals surface area contributed by atoms with Crippen molar-refractivity contribution in [1.29, 1.82) is 0 Å². The van der Waals surface area contributed by atoms with Crippen molar-refractivity contribution >= 4 is 11.4 Å². The van der Waals surface area contributed by atoms with E-state index < -0.39 is 0 Å². The van der Waals surface area contributed by atoms with Gasteiger partial charge in [0.1, 0.15) is 0 Å². The molecule has 2 nitrogen and oxygen atoms in total. The summed E-state index contributed by atoms with van der Waals surface area (Å²) in [4.78, 5) is 2.26. The molecule has 2 heteroatoms. The second kappa shape index (κ2) is 6.77. The average Bonchev–Trinajstić information content (AvgIpc) is 2.45. The van der Waals surface area contributed by atoms with Gasteiger partial charge in [-0.15, -0.1) is 0 Å². The van der Waals surface area contributed by atoms with Crippen LogP contribution in [-0.4, -0.2) is 13.6 Å². The smallest absolute Gasteiger partial charge is 0.0437 e. The number of anilines is 2. The zero-order chi connectivity index (χ0) is 15.4. The number of benzene rings is 2. The maximum atomic E-state index is 3.39. The van der Waals surface area contributed by atoms with E-state index in [9.17, 15) is 0 Å². The fraction of sp³-hybridized carbons (Fsp3) is 0.368. The van der Waals surface area contributed by atoms with Crippen molar-refractivity contribution < 1.29 is 0 Å². The van der Waals surface area contributed by atoms with Gasteiger partial charge in [-0.1, -0.05) is 30.7 Å². The molecule has 0 saturated carbocycles. The van der Waals surface area contributed by atoms with Crippen LogP contribution in [0.4, 0.5) is 11.4 Å². The standard InChI is InChI=1S/C19H26N2/c1-6-20-13-17-8-9-18(12-15(17)3)21(5)19-10-7-14(2)11-16(19)4/h7-12,20H,6,13H2,1-5H3. The monoisotopic (exact) mass is 282 g/mol. The molecule has 0 saturated heterocycles. The van der Waals surface area contributed by atoms with Gasteiger partial charge < -0.3 is 10.2 Å². The largest absolute Gasteiger partial charge is 0.344 e. The summed E-state index contributed by atoms with van der Waals surface area (Å²) >= 11 is 0. The number of rotatable bonds is 5. The Morgan fingerprint density at radius 3 is 2.33 bits per heavy atom. The normalized spacial score (nSPS) is 10.7. The van der Waals surface area contributed by atoms with Crippen LogP contribution in [0.1, 0.15) is 29.2 Å². The predicted molar refractivity (Wildman–Crippen MR) is 92.5 cm³/mol. The van der Waals surface area contributed by atoms with Crippen LogP contribution in [0.15, 0.2) is 36.4 Å². The van der Waals surface area contributed by atoms with E-state index in [4.69, 9.17) is 0 Å². The molecule has 0 aromatic heterocycles. The van der Waals surface area contributed by atoms with Gasteiger partial charge in [0, 0.05) is 25.0 Å². The molecule has 0 bridgehead atoms. The van der Waals surface area contributed by atoms with Gasteiger partial charge in [-0.05, 0) is 62.2 Å². The highest BCUT2D eigenvalue weighted by Gasteiger charge is 2.08. The van der Waals surface area contributed by atoms with Gasteiger partial charge in [0.25, 0.3) is 0 Å². The predicted octanol–water partition coefficient (Wildman–Crippen LogP) is 4.49. The highest BCUT2D eigenvalue weighted by molar-refractivity contribution is 5.66. The van der Waals surface area contributed by atoms with Gasteiger partial charge in [0.2, 0.25) is 0 Å². The van der Waals surface area contributed by atoms with E-state index in [1.807, 2.05) is 0 Å². The lowest BCUT2D eigenvalue weighted by Gasteiger charge is -2.23. The SMILES string of the molecule is CCNCc1ccc(N(C)c2ccc(C)cc2C)cc1C. The first-order valence-corrected chi connectivity index (χ1v) is 7.64. The van der Waals surface area contributed by atoms with Crippen molar-refractivity contribution in [3.8, 4) is 0 Å². The summed E-state index contributed by atoms with van der Waals surface area (Å²) in [5.41, 5.74) is 7.83. The first-order valence-electron chi connectivity index (χ1n) is 7.64. The van der Waals surface area contributed by atoms with Crippen LogP contribution in [0.3, 0.4) is 0 Å². The second-order valence-corrected chi connectivity index (χ2v) is 5.74. The third-order valence-electron chi connectivity index (χ3n) is 3.99. The van der Waals surface area contributed by atoms with E-state index in [0.29, 0.717) is 0 Å². The molecule has 0 unspecified atom stereocenters. The first-order chi connectivity index (χ1) is 10.0. The van der Waals surface area contributed by atoms with Gasteiger partial charge >= 0.3 is 0 Å². The third-order valence-corrected chi connectivity index (χ3v) is 3.99. The minimum Gasteiger partial charge on any atom is -0.344 e. The molecule has 0 heterocycles. The van der Waals surface area contributed by atoms with Crippen LogP contribution in [0.25, 0.3) is 0 Å². The van der Waals surface area contributed by atoms with Gasteiger partial charge in [0.15, 0.2) is 0 Å². The molecule has 0 amide bonds. The van der Waals surface area contributed by atoms with Crippen molar-refractivity contribution in [2.45, 2.75) is 34.2 Å². The Hall–Kier alpha value is -1.80. The number of hydrogen-bond donors (Lipinski definition) is 1. The Kier molecular flexibility index (Phi) is 5.03. The van der Waals surface area contributed by atoms with E-state index in [-0.39, 0.29) is 0 Å². The Labute approximate surface area is 128 Å². The molecule has 21 heavy (non-hydrogen) atoms. The summed E-state index contributed by atoms with van der Waals surface area (Å²) in [7, 11) is 2.14. The number of hydrogen-bond acceptors (Lipinski definition) is 2. The molecule has 0 radical (unpaired) electrons. The summed E-state index contributed by atoms with van der Waals surface area (Å²) in [6.45, 7) is 10.6. The van der Waals surface area contributed by atoms with Crippen LogP contribution < -0.4 is 10.2 Å². The zero-order valence-corrected chi connectivity index (χ0v) is 13.8. The molecule has 0 atom stereocenters. The van der Waals surface area contributed by atoms with Crippen molar-refractivity contribution in [3.63, 3.8) is 0 Å². The highest BCUT2D eigenvalue weighted by atomic mass is 15.1. The molecule has 0 spiro atoms. The van der Waals surface area contributed by atoms with Crippen LogP contribution in [-0.2, 0) is 6.54 Å². The maximum Gasteiger partial charge on any atom is 0.0437 e. The fourth-order valence-electron chi connectivity index (χ4n) is 2.67. The highest BCUT2D eigenvalue weighted by Crippen LogP contribution is 2.28. The summed E-state index contributed by atoms with van der Waals surface area (Å²) in [5.74, 6) is 0. The van der Waals surface area contributed by atoms with Gasteiger partial charge in [-0.3, -0.25) is 0 Å². The first kappa shape index (κ1) is 15.6. The lowest BCUT2D eigenvalue weighted by Crippen LogP contribution is -2.14. The lowest BCUT2D eigenvalue weighted by molar-refractivity contribution is 0.723. The van der Waals surface area contributed by atoms with E-state index in [1.54, 1.807) is 0 Å². The average molecular weight is 282 g/mol. The third kappa shape index (κ3) is 3.64. The molecule has 2 aromatic carbocycles. The molecule has 112 valence electrons. The molecule has 2 aromatic rings. The number of nitrogens with one attached hydrogen (secondary N) is 1. The Morgan fingerprint density at radius 2 is 1.71 bits per heavy atom. The van der Waals surface area contributed by atoms with E-state index in [1.165, 1.54) is 33.6 Å². The van der Waals surface area contributed by atoms with Crippen molar-refractivity contribution in [1.82, 2.24) is 5.32 Å². The second-order valence-electron chi connectivity index (χ2n) is 5.74. The number of aryl methyl sites for hydroxylation is 3. The Morgan fingerprint density at radius 1 is 0.952 bits per heavy atom. The maximum absolute atomic E-state index is 3.39. The molecular formula is C19H26N2. The fourth-order valence-corrected chi connectivity index (χ4v) is 2.67. The van der Waals surface area contributed by atoms with Crippen molar-refractivity contribution in [3.05, 3.63) is 58.7 Å². The van der Waals surface area contributed by atoms with Crippen LogP contribution >= 0.6 is 0 Å². The van der Waals surface area contributed by atoms with Gasteiger partial charge in [0.05, 0.1) is 0 Å². The van der Waals surface area contributed by atoms with Gasteiger partial charge in [-0.2, -0.15) is 0 Å². The topological polar surface area (TPSA) is 15.3 Å². The molecule has 0 aliphatic heterocycles. The summed E-state index contributed by atoms with van der Waals surface area (Å²) < 4.78 is 0. The molecule has 0 fully saturated rings. The van der Waals surface area contributed by atoms with E-state index >= 15 is 0 Å². The zero-order valence-electron chi connectivity index (χ0n) is 13.8. The van der Waals surface area contributed by atoms with Crippen molar-refractivity contribution in [2.24, 2.45) is 0 Å². The molecular weight excluding hydrogens is 256 g/mol. The molecule has 0 aliphatic rings.